The third-order valence-electron chi connectivity index (χ3n) is 2.55. The molecule has 0 aromatic heterocycles. The molecule has 0 bridgehead atoms. The Morgan fingerprint density at radius 1 is 1.25 bits per heavy atom. The van der Waals surface area contributed by atoms with Crippen LogP contribution < -0.4 is 16.0 Å². The normalized spacial score (nSPS) is 10.1. The SMILES string of the molecule is CCNC(=O)c1ccccc1NC(=O)CNCCOC. The highest BCUT2D eigenvalue weighted by Gasteiger charge is 2.11. The first kappa shape index (κ1) is 16.1. The number of para-hydroxylation sites is 1. The third-order valence-corrected chi connectivity index (χ3v) is 2.55. The summed E-state index contributed by atoms with van der Waals surface area (Å²) in [5.41, 5.74) is 0.969. The second-order valence-corrected chi connectivity index (χ2v) is 4.12. The number of amides is 2. The van der Waals surface area contributed by atoms with E-state index >= 15 is 0 Å². The predicted octanol–water partition coefficient (Wildman–Crippen LogP) is 0.611. The van der Waals surface area contributed by atoms with Crippen LogP contribution in [0.2, 0.25) is 0 Å². The first-order valence-corrected chi connectivity index (χ1v) is 6.55. The summed E-state index contributed by atoms with van der Waals surface area (Å²) in [6.07, 6.45) is 0. The number of carbonyl (C=O) groups excluding carboxylic acids is 2. The van der Waals surface area contributed by atoms with Gasteiger partial charge in [-0.2, -0.15) is 0 Å². The smallest absolute Gasteiger partial charge is 0.253 e. The minimum atomic E-state index is -0.198. The molecule has 1 aromatic rings. The molecule has 0 radical (unpaired) electrons. The van der Waals surface area contributed by atoms with Crippen molar-refractivity contribution in [3.05, 3.63) is 29.8 Å². The lowest BCUT2D eigenvalue weighted by molar-refractivity contribution is -0.115. The summed E-state index contributed by atoms with van der Waals surface area (Å²) in [5, 5.41) is 8.38. The molecular weight excluding hydrogens is 258 g/mol. The van der Waals surface area contributed by atoms with Crippen molar-refractivity contribution < 1.29 is 14.3 Å². The Kier molecular flexibility index (Phi) is 7.31. The lowest BCUT2D eigenvalue weighted by Crippen LogP contribution is -2.31. The molecule has 0 fully saturated rings. The van der Waals surface area contributed by atoms with Crippen LogP contribution in [-0.2, 0) is 9.53 Å². The van der Waals surface area contributed by atoms with Crippen molar-refractivity contribution in [1.29, 1.82) is 0 Å². The van der Waals surface area contributed by atoms with Crippen molar-refractivity contribution in [2.45, 2.75) is 6.92 Å². The molecule has 0 saturated carbocycles. The maximum Gasteiger partial charge on any atom is 0.253 e. The molecule has 0 atom stereocenters. The molecule has 6 heteroatoms. The molecule has 0 spiro atoms. The van der Waals surface area contributed by atoms with Gasteiger partial charge in [0.25, 0.3) is 5.91 Å². The van der Waals surface area contributed by atoms with E-state index in [2.05, 4.69) is 16.0 Å². The summed E-state index contributed by atoms with van der Waals surface area (Å²) in [7, 11) is 1.60. The van der Waals surface area contributed by atoms with E-state index in [0.29, 0.717) is 30.9 Å². The van der Waals surface area contributed by atoms with E-state index in [-0.39, 0.29) is 18.4 Å². The molecule has 20 heavy (non-hydrogen) atoms. The van der Waals surface area contributed by atoms with E-state index < -0.39 is 0 Å². The van der Waals surface area contributed by atoms with Crippen molar-refractivity contribution >= 4 is 17.5 Å². The molecule has 1 aromatic carbocycles. The van der Waals surface area contributed by atoms with E-state index in [1.807, 2.05) is 6.92 Å². The van der Waals surface area contributed by atoms with Crippen LogP contribution in [0.4, 0.5) is 5.69 Å². The maximum absolute atomic E-state index is 11.9. The number of hydrogen-bond acceptors (Lipinski definition) is 4. The summed E-state index contributed by atoms with van der Waals surface area (Å²) >= 11 is 0. The zero-order chi connectivity index (χ0) is 14.8. The predicted molar refractivity (Wildman–Crippen MR) is 77.8 cm³/mol. The number of anilines is 1. The first-order valence-electron chi connectivity index (χ1n) is 6.55. The number of carbonyl (C=O) groups is 2. The number of methoxy groups -OCH3 is 1. The largest absolute Gasteiger partial charge is 0.383 e. The first-order chi connectivity index (χ1) is 9.69. The number of benzene rings is 1. The zero-order valence-electron chi connectivity index (χ0n) is 11.9. The van der Waals surface area contributed by atoms with Gasteiger partial charge in [-0.15, -0.1) is 0 Å². The Labute approximate surface area is 118 Å². The van der Waals surface area contributed by atoms with Crippen LogP contribution in [0.3, 0.4) is 0 Å². The molecule has 0 unspecified atom stereocenters. The molecule has 6 nitrogen and oxygen atoms in total. The highest BCUT2D eigenvalue weighted by atomic mass is 16.5. The minimum Gasteiger partial charge on any atom is -0.383 e. The second-order valence-electron chi connectivity index (χ2n) is 4.12. The van der Waals surface area contributed by atoms with Crippen LogP contribution in [0, 0.1) is 0 Å². The van der Waals surface area contributed by atoms with Crippen molar-refractivity contribution in [1.82, 2.24) is 10.6 Å². The van der Waals surface area contributed by atoms with Crippen LogP contribution in [0.25, 0.3) is 0 Å². The second kappa shape index (κ2) is 9.06. The van der Waals surface area contributed by atoms with Crippen LogP contribution >= 0.6 is 0 Å². The Hall–Kier alpha value is -1.92. The molecular formula is C14H21N3O3. The van der Waals surface area contributed by atoms with E-state index in [9.17, 15) is 9.59 Å². The molecule has 3 N–H and O–H groups in total. The van der Waals surface area contributed by atoms with Gasteiger partial charge in [0.1, 0.15) is 0 Å². The lowest BCUT2D eigenvalue weighted by atomic mass is 10.1. The van der Waals surface area contributed by atoms with Gasteiger partial charge >= 0.3 is 0 Å². The number of rotatable bonds is 8. The summed E-state index contributed by atoms with van der Waals surface area (Å²) in [5.74, 6) is -0.395. The topological polar surface area (TPSA) is 79.5 Å². The fraction of sp³-hybridized carbons (Fsp3) is 0.429. The summed E-state index contributed by atoms with van der Waals surface area (Å²) in [4.78, 5) is 23.6. The quantitative estimate of drug-likeness (QED) is 0.609. The van der Waals surface area contributed by atoms with Gasteiger partial charge in [-0.05, 0) is 19.1 Å². The molecule has 0 saturated heterocycles. The Morgan fingerprint density at radius 2 is 2.00 bits per heavy atom. The minimum absolute atomic E-state index is 0.174. The van der Waals surface area contributed by atoms with Gasteiger partial charge < -0.3 is 20.7 Å². The Balaban J connectivity index is 2.58. The Bertz CT molecular complexity index is 449. The summed E-state index contributed by atoms with van der Waals surface area (Å²) in [6, 6.07) is 6.92. The van der Waals surface area contributed by atoms with Crippen molar-refractivity contribution in [2.75, 3.05) is 38.7 Å². The van der Waals surface area contributed by atoms with E-state index in [4.69, 9.17) is 4.74 Å². The number of ether oxygens (including phenoxy) is 1. The fourth-order valence-electron chi connectivity index (χ4n) is 1.62. The highest BCUT2D eigenvalue weighted by molar-refractivity contribution is 6.04. The van der Waals surface area contributed by atoms with Gasteiger partial charge in [-0.25, -0.2) is 0 Å². The molecule has 0 aliphatic rings. The maximum atomic E-state index is 11.9. The van der Waals surface area contributed by atoms with Gasteiger partial charge in [-0.3, -0.25) is 9.59 Å². The van der Waals surface area contributed by atoms with Gasteiger partial charge in [0.05, 0.1) is 24.4 Å². The van der Waals surface area contributed by atoms with Crippen molar-refractivity contribution in [3.63, 3.8) is 0 Å². The summed E-state index contributed by atoms with van der Waals surface area (Å²) in [6.45, 7) is 3.70. The van der Waals surface area contributed by atoms with Crippen LogP contribution in [0.5, 0.6) is 0 Å². The van der Waals surface area contributed by atoms with Gasteiger partial charge in [-0.1, -0.05) is 12.1 Å². The van der Waals surface area contributed by atoms with Crippen LogP contribution in [0.1, 0.15) is 17.3 Å². The van der Waals surface area contributed by atoms with Gasteiger partial charge in [0.15, 0.2) is 0 Å². The highest BCUT2D eigenvalue weighted by Crippen LogP contribution is 2.14. The fourth-order valence-corrected chi connectivity index (χ4v) is 1.62. The zero-order valence-corrected chi connectivity index (χ0v) is 11.9. The van der Waals surface area contributed by atoms with E-state index in [1.54, 1.807) is 31.4 Å². The molecule has 1 rings (SSSR count). The van der Waals surface area contributed by atoms with Gasteiger partial charge in [0, 0.05) is 20.2 Å². The standard InChI is InChI=1S/C14H21N3O3/c1-3-16-14(19)11-6-4-5-7-12(11)17-13(18)10-15-8-9-20-2/h4-7,15H,3,8-10H2,1-2H3,(H,16,19)(H,17,18). The molecule has 2 amide bonds. The van der Waals surface area contributed by atoms with E-state index in [1.165, 1.54) is 0 Å². The molecule has 0 aliphatic carbocycles. The number of hydrogen-bond donors (Lipinski definition) is 3. The third kappa shape index (κ3) is 5.38. The number of nitrogens with one attached hydrogen (secondary N) is 3. The van der Waals surface area contributed by atoms with Crippen LogP contribution in [-0.4, -0.2) is 45.2 Å². The average Bonchev–Trinajstić information content (AvgIpc) is 2.44. The van der Waals surface area contributed by atoms with Crippen molar-refractivity contribution in [3.8, 4) is 0 Å². The summed E-state index contributed by atoms with van der Waals surface area (Å²) < 4.78 is 4.87. The van der Waals surface area contributed by atoms with E-state index in [0.717, 1.165) is 0 Å². The van der Waals surface area contributed by atoms with Crippen LogP contribution in [0.15, 0.2) is 24.3 Å². The molecule has 0 aliphatic heterocycles. The Morgan fingerprint density at radius 3 is 2.70 bits per heavy atom. The van der Waals surface area contributed by atoms with Crippen molar-refractivity contribution in [2.24, 2.45) is 0 Å². The monoisotopic (exact) mass is 279 g/mol. The average molecular weight is 279 g/mol. The lowest BCUT2D eigenvalue weighted by Gasteiger charge is -2.11. The van der Waals surface area contributed by atoms with Gasteiger partial charge in [0.2, 0.25) is 5.91 Å². The molecule has 110 valence electrons. The molecule has 0 heterocycles.